The number of fused-ring (bicyclic) bond motifs is 1. The molecular weight excluding hydrogens is 144 g/mol. The van der Waals surface area contributed by atoms with Crippen molar-refractivity contribution < 1.29 is 4.63 Å². The summed E-state index contributed by atoms with van der Waals surface area (Å²) in [5.41, 5.74) is 0. The first-order chi connectivity index (χ1) is 5.29. The van der Waals surface area contributed by atoms with Crippen molar-refractivity contribution in [1.29, 1.82) is 0 Å². The van der Waals surface area contributed by atoms with Crippen molar-refractivity contribution in [2.75, 3.05) is 37.0 Å². The maximum atomic E-state index is 4.62. The molecule has 0 N–H and O–H groups in total. The number of nitrogens with zero attached hydrogens (tertiary/aromatic N) is 4. The molecular formula is C6H10N4O. The average molecular weight is 154 g/mol. The Morgan fingerprint density at radius 2 is 1.55 bits per heavy atom. The minimum atomic E-state index is 0.832. The Labute approximate surface area is 64.5 Å². The van der Waals surface area contributed by atoms with E-state index in [0.717, 1.165) is 24.7 Å². The van der Waals surface area contributed by atoms with E-state index in [9.17, 15) is 0 Å². The van der Waals surface area contributed by atoms with Gasteiger partial charge in [0.1, 0.15) is 0 Å². The molecule has 2 heterocycles. The quantitative estimate of drug-likeness (QED) is 0.524. The molecule has 0 spiro atoms. The van der Waals surface area contributed by atoms with Gasteiger partial charge in [-0.2, -0.15) is 0 Å². The molecule has 11 heavy (non-hydrogen) atoms. The SMILES string of the molecule is CN1CCN(C)c2nonc21. The lowest BCUT2D eigenvalue weighted by molar-refractivity contribution is 0.309. The highest BCUT2D eigenvalue weighted by Gasteiger charge is 2.22. The molecule has 5 nitrogen and oxygen atoms in total. The Balaban J connectivity index is 2.43. The second kappa shape index (κ2) is 2.11. The predicted octanol–water partition coefficient (Wildman–Crippen LogP) is -0.0444. The van der Waals surface area contributed by atoms with E-state index >= 15 is 0 Å². The lowest BCUT2D eigenvalue weighted by Crippen LogP contribution is -2.36. The Hall–Kier alpha value is -1.26. The van der Waals surface area contributed by atoms with Crippen molar-refractivity contribution in [3.05, 3.63) is 0 Å². The lowest BCUT2D eigenvalue weighted by atomic mass is 10.4. The van der Waals surface area contributed by atoms with Crippen LogP contribution in [0.15, 0.2) is 4.63 Å². The number of hydrogen-bond donors (Lipinski definition) is 0. The molecule has 0 saturated heterocycles. The molecule has 0 radical (unpaired) electrons. The van der Waals surface area contributed by atoms with Gasteiger partial charge in [-0.25, -0.2) is 4.63 Å². The maximum Gasteiger partial charge on any atom is 0.217 e. The highest BCUT2D eigenvalue weighted by molar-refractivity contribution is 5.62. The molecule has 2 rings (SSSR count). The highest BCUT2D eigenvalue weighted by Crippen LogP contribution is 2.25. The number of hydrogen-bond acceptors (Lipinski definition) is 5. The van der Waals surface area contributed by atoms with Gasteiger partial charge in [0.15, 0.2) is 0 Å². The molecule has 0 aromatic carbocycles. The summed E-state index contributed by atoms with van der Waals surface area (Å²) in [7, 11) is 3.96. The van der Waals surface area contributed by atoms with E-state index in [4.69, 9.17) is 0 Å². The molecule has 0 saturated carbocycles. The van der Waals surface area contributed by atoms with Crippen molar-refractivity contribution >= 4 is 11.6 Å². The van der Waals surface area contributed by atoms with Gasteiger partial charge in [-0.3, -0.25) is 0 Å². The van der Waals surface area contributed by atoms with Crippen molar-refractivity contribution in [3.63, 3.8) is 0 Å². The molecule has 1 aromatic heterocycles. The first-order valence-electron chi connectivity index (χ1n) is 3.54. The van der Waals surface area contributed by atoms with Gasteiger partial charge in [0, 0.05) is 27.2 Å². The number of likely N-dealkylation sites (N-methyl/N-ethyl adjacent to an activating group) is 2. The Morgan fingerprint density at radius 1 is 1.09 bits per heavy atom. The number of aromatic nitrogens is 2. The van der Waals surface area contributed by atoms with Gasteiger partial charge in [-0.15, -0.1) is 0 Å². The van der Waals surface area contributed by atoms with Crippen LogP contribution in [0.2, 0.25) is 0 Å². The van der Waals surface area contributed by atoms with Gasteiger partial charge in [-0.05, 0) is 10.3 Å². The summed E-state index contributed by atoms with van der Waals surface area (Å²) in [6.45, 7) is 1.94. The van der Waals surface area contributed by atoms with Crippen LogP contribution in [-0.2, 0) is 0 Å². The molecule has 0 atom stereocenters. The molecule has 1 aliphatic heterocycles. The molecule has 0 bridgehead atoms. The van der Waals surface area contributed by atoms with E-state index in [0.29, 0.717) is 0 Å². The lowest BCUT2D eigenvalue weighted by Gasteiger charge is -2.27. The van der Waals surface area contributed by atoms with E-state index < -0.39 is 0 Å². The summed E-state index contributed by atoms with van der Waals surface area (Å²) in [5, 5.41) is 7.57. The third kappa shape index (κ3) is 0.840. The monoisotopic (exact) mass is 154 g/mol. The third-order valence-electron chi connectivity index (χ3n) is 1.95. The predicted molar refractivity (Wildman–Crippen MR) is 40.8 cm³/mol. The van der Waals surface area contributed by atoms with Gasteiger partial charge in [0.2, 0.25) is 11.6 Å². The van der Waals surface area contributed by atoms with Crippen LogP contribution in [-0.4, -0.2) is 37.5 Å². The van der Waals surface area contributed by atoms with Crippen molar-refractivity contribution in [2.24, 2.45) is 0 Å². The van der Waals surface area contributed by atoms with E-state index in [2.05, 4.69) is 14.9 Å². The molecule has 1 aliphatic rings. The van der Waals surface area contributed by atoms with Gasteiger partial charge in [-0.1, -0.05) is 0 Å². The van der Waals surface area contributed by atoms with Gasteiger partial charge >= 0.3 is 0 Å². The van der Waals surface area contributed by atoms with Crippen molar-refractivity contribution in [2.45, 2.75) is 0 Å². The summed E-state index contributed by atoms with van der Waals surface area (Å²) in [6, 6.07) is 0. The fourth-order valence-corrected chi connectivity index (χ4v) is 1.17. The zero-order valence-electron chi connectivity index (χ0n) is 6.61. The molecule has 0 fully saturated rings. The smallest absolute Gasteiger partial charge is 0.217 e. The minimum absolute atomic E-state index is 0.832. The summed E-state index contributed by atoms with van der Waals surface area (Å²) >= 11 is 0. The van der Waals surface area contributed by atoms with Crippen LogP contribution in [0.25, 0.3) is 0 Å². The highest BCUT2D eigenvalue weighted by atomic mass is 16.6. The third-order valence-corrected chi connectivity index (χ3v) is 1.95. The average Bonchev–Trinajstić information content (AvgIpc) is 2.45. The molecule has 0 aliphatic carbocycles. The molecule has 1 aromatic rings. The fourth-order valence-electron chi connectivity index (χ4n) is 1.17. The standard InChI is InChI=1S/C6H10N4O/c1-9-3-4-10(2)6-5(9)7-11-8-6/h3-4H2,1-2H3. The second-order valence-electron chi connectivity index (χ2n) is 2.75. The Bertz CT molecular complexity index is 234. The van der Waals surface area contributed by atoms with Crippen LogP contribution in [0.5, 0.6) is 0 Å². The van der Waals surface area contributed by atoms with Gasteiger partial charge < -0.3 is 9.80 Å². The van der Waals surface area contributed by atoms with Crippen LogP contribution in [0.1, 0.15) is 0 Å². The van der Waals surface area contributed by atoms with Crippen LogP contribution < -0.4 is 9.80 Å². The minimum Gasteiger partial charge on any atom is -0.352 e. The Morgan fingerprint density at radius 3 is 2.00 bits per heavy atom. The van der Waals surface area contributed by atoms with Gasteiger partial charge in [0.25, 0.3) is 0 Å². The van der Waals surface area contributed by atoms with Crippen LogP contribution >= 0.6 is 0 Å². The summed E-state index contributed by atoms with van der Waals surface area (Å²) in [6.07, 6.45) is 0. The zero-order chi connectivity index (χ0) is 7.84. The number of rotatable bonds is 0. The Kier molecular flexibility index (Phi) is 1.24. The van der Waals surface area contributed by atoms with Crippen LogP contribution in [0, 0.1) is 0 Å². The van der Waals surface area contributed by atoms with E-state index in [1.54, 1.807) is 0 Å². The summed E-state index contributed by atoms with van der Waals surface area (Å²) in [4.78, 5) is 4.07. The summed E-state index contributed by atoms with van der Waals surface area (Å²) < 4.78 is 4.62. The topological polar surface area (TPSA) is 45.4 Å². The first-order valence-corrected chi connectivity index (χ1v) is 3.54. The zero-order valence-corrected chi connectivity index (χ0v) is 6.61. The number of anilines is 2. The van der Waals surface area contributed by atoms with E-state index in [1.165, 1.54) is 0 Å². The van der Waals surface area contributed by atoms with Crippen molar-refractivity contribution in [3.8, 4) is 0 Å². The summed E-state index contributed by atoms with van der Waals surface area (Å²) in [5.74, 6) is 1.66. The molecule has 0 amide bonds. The van der Waals surface area contributed by atoms with E-state index in [1.807, 2.05) is 23.9 Å². The van der Waals surface area contributed by atoms with Crippen LogP contribution in [0.4, 0.5) is 11.6 Å². The van der Waals surface area contributed by atoms with Crippen LogP contribution in [0.3, 0.4) is 0 Å². The molecule has 60 valence electrons. The van der Waals surface area contributed by atoms with E-state index in [-0.39, 0.29) is 0 Å². The maximum absolute atomic E-state index is 4.62. The second-order valence-corrected chi connectivity index (χ2v) is 2.75. The van der Waals surface area contributed by atoms with Crippen molar-refractivity contribution in [1.82, 2.24) is 10.3 Å². The van der Waals surface area contributed by atoms with Gasteiger partial charge in [0.05, 0.1) is 0 Å². The first kappa shape index (κ1) is 6.45. The molecule has 0 unspecified atom stereocenters. The molecule has 5 heteroatoms. The normalized spacial score (nSPS) is 16.9. The fraction of sp³-hybridized carbons (Fsp3) is 0.667. The largest absolute Gasteiger partial charge is 0.352 e.